The number of fused-ring (bicyclic) bond motifs is 1. The maximum Gasteiger partial charge on any atom is 0.225 e. The van der Waals surface area contributed by atoms with Crippen molar-refractivity contribution < 1.29 is 14.3 Å². The molecule has 0 spiro atoms. The fourth-order valence-electron chi connectivity index (χ4n) is 4.87. The lowest BCUT2D eigenvalue weighted by Crippen LogP contribution is -2.50. The van der Waals surface area contributed by atoms with Crippen LogP contribution >= 0.6 is 0 Å². The maximum atomic E-state index is 12.7. The molecule has 3 fully saturated rings. The molecule has 0 saturated carbocycles. The number of rotatable bonds is 6. The number of amides is 1. The van der Waals surface area contributed by atoms with E-state index < -0.39 is 0 Å². The predicted octanol–water partition coefficient (Wildman–Crippen LogP) is 2.03. The minimum Gasteiger partial charge on any atom is -0.381 e. The number of hydrogen-bond donors (Lipinski definition) is 0. The van der Waals surface area contributed by atoms with Crippen LogP contribution in [0.15, 0.2) is 12.7 Å². The molecule has 3 heterocycles. The van der Waals surface area contributed by atoms with Gasteiger partial charge in [0.15, 0.2) is 0 Å². The number of hydrogen-bond acceptors (Lipinski definition) is 4. The molecule has 0 aromatic heterocycles. The molecule has 0 bridgehead atoms. The highest BCUT2D eigenvalue weighted by Crippen LogP contribution is 2.36. The Morgan fingerprint density at radius 1 is 1.24 bits per heavy atom. The summed E-state index contributed by atoms with van der Waals surface area (Å²) in [6.45, 7) is 11.1. The summed E-state index contributed by atoms with van der Waals surface area (Å²) >= 11 is 0. The fraction of sp³-hybridized carbons (Fsp3) is 0.850. The minimum atomic E-state index is 0.177. The Morgan fingerprint density at radius 3 is 2.76 bits per heavy atom. The van der Waals surface area contributed by atoms with E-state index in [0.717, 1.165) is 58.2 Å². The number of carbonyl (C=O) groups excluding carboxylic acids is 1. The molecule has 5 heteroatoms. The molecule has 5 nitrogen and oxygen atoms in total. The van der Waals surface area contributed by atoms with Gasteiger partial charge in [0.25, 0.3) is 0 Å². The van der Waals surface area contributed by atoms with E-state index in [1.807, 2.05) is 11.9 Å². The topological polar surface area (TPSA) is 42.0 Å². The fourth-order valence-corrected chi connectivity index (χ4v) is 4.87. The zero-order valence-electron chi connectivity index (χ0n) is 15.7. The summed E-state index contributed by atoms with van der Waals surface area (Å²) < 4.78 is 11.2. The van der Waals surface area contributed by atoms with Crippen molar-refractivity contribution in [1.82, 2.24) is 9.80 Å². The Labute approximate surface area is 152 Å². The van der Waals surface area contributed by atoms with Crippen LogP contribution in [0.3, 0.4) is 0 Å². The Morgan fingerprint density at radius 2 is 2.00 bits per heavy atom. The molecule has 0 aliphatic carbocycles. The third-order valence-corrected chi connectivity index (χ3v) is 6.28. The molecule has 1 amide bonds. The van der Waals surface area contributed by atoms with Crippen LogP contribution in [0.4, 0.5) is 0 Å². The maximum absolute atomic E-state index is 12.7. The van der Waals surface area contributed by atoms with Gasteiger partial charge in [0.2, 0.25) is 5.91 Å². The van der Waals surface area contributed by atoms with Gasteiger partial charge < -0.3 is 19.3 Å². The van der Waals surface area contributed by atoms with Crippen molar-refractivity contribution in [2.45, 2.75) is 25.7 Å². The number of ether oxygens (including phenoxy) is 2. The quantitative estimate of drug-likeness (QED) is 0.543. The van der Waals surface area contributed by atoms with Crippen molar-refractivity contribution in [3.63, 3.8) is 0 Å². The smallest absolute Gasteiger partial charge is 0.225 e. The van der Waals surface area contributed by atoms with Gasteiger partial charge in [0, 0.05) is 45.2 Å². The number of nitrogens with zero attached hydrogens (tertiary/aromatic N) is 2. The summed E-state index contributed by atoms with van der Waals surface area (Å²) in [5.41, 5.74) is 0. The van der Waals surface area contributed by atoms with Crippen LogP contribution in [-0.4, -0.2) is 75.4 Å². The largest absolute Gasteiger partial charge is 0.381 e. The lowest BCUT2D eigenvalue weighted by Gasteiger charge is -2.41. The molecule has 25 heavy (non-hydrogen) atoms. The van der Waals surface area contributed by atoms with Crippen LogP contribution in [-0.2, 0) is 14.3 Å². The third kappa shape index (κ3) is 4.83. The van der Waals surface area contributed by atoms with Gasteiger partial charge >= 0.3 is 0 Å². The summed E-state index contributed by atoms with van der Waals surface area (Å²) in [6.07, 6.45) is 6.29. The first-order valence-electron chi connectivity index (χ1n) is 9.92. The molecule has 0 unspecified atom stereocenters. The zero-order chi connectivity index (χ0) is 17.6. The van der Waals surface area contributed by atoms with E-state index in [-0.39, 0.29) is 5.92 Å². The van der Waals surface area contributed by atoms with Crippen LogP contribution in [0.2, 0.25) is 0 Å². The second-order valence-corrected chi connectivity index (χ2v) is 8.01. The van der Waals surface area contributed by atoms with Gasteiger partial charge in [-0.05, 0) is 50.6 Å². The highest BCUT2D eigenvalue weighted by Gasteiger charge is 2.42. The standard InChI is InChI=1S/C20H34N2O3/c1-3-10-25-15-17-14-21(2)20(23)19-5-9-22(8-4-18(17)19)13-16-6-11-24-12-7-16/h3,16-19H,1,4-15H2,2H3/t17-,18-,19-/m0/s1. The van der Waals surface area contributed by atoms with E-state index in [2.05, 4.69) is 11.5 Å². The summed E-state index contributed by atoms with van der Waals surface area (Å²) in [5.74, 6) is 2.21. The molecular weight excluding hydrogens is 316 g/mol. The molecule has 3 rings (SSSR count). The van der Waals surface area contributed by atoms with E-state index in [4.69, 9.17) is 9.47 Å². The molecule has 3 aliphatic rings. The summed E-state index contributed by atoms with van der Waals surface area (Å²) in [4.78, 5) is 17.2. The lowest BCUT2D eigenvalue weighted by molar-refractivity contribution is -0.144. The van der Waals surface area contributed by atoms with Gasteiger partial charge in [-0.15, -0.1) is 6.58 Å². The first-order valence-corrected chi connectivity index (χ1v) is 9.92. The molecule has 3 atom stereocenters. The van der Waals surface area contributed by atoms with Crippen LogP contribution in [0.25, 0.3) is 0 Å². The van der Waals surface area contributed by atoms with Crippen LogP contribution in [0, 0.1) is 23.7 Å². The van der Waals surface area contributed by atoms with Crippen molar-refractivity contribution in [3.05, 3.63) is 12.7 Å². The van der Waals surface area contributed by atoms with E-state index in [9.17, 15) is 4.79 Å². The molecule has 0 radical (unpaired) electrons. The van der Waals surface area contributed by atoms with Gasteiger partial charge in [-0.3, -0.25) is 4.79 Å². The van der Waals surface area contributed by atoms with Gasteiger partial charge in [-0.25, -0.2) is 0 Å². The molecule has 0 aromatic rings. The predicted molar refractivity (Wildman–Crippen MR) is 98.3 cm³/mol. The van der Waals surface area contributed by atoms with Gasteiger partial charge in [-0.2, -0.15) is 0 Å². The van der Waals surface area contributed by atoms with Crippen molar-refractivity contribution in [2.24, 2.45) is 23.7 Å². The number of likely N-dealkylation sites (tertiary alicyclic amines) is 2. The molecule has 142 valence electrons. The normalized spacial score (nSPS) is 32.3. The van der Waals surface area contributed by atoms with Crippen LogP contribution in [0.5, 0.6) is 0 Å². The minimum absolute atomic E-state index is 0.177. The summed E-state index contributed by atoms with van der Waals surface area (Å²) in [7, 11) is 1.95. The van der Waals surface area contributed by atoms with Gasteiger partial charge in [0.05, 0.1) is 13.2 Å². The second-order valence-electron chi connectivity index (χ2n) is 8.01. The molecule has 0 N–H and O–H groups in total. The average molecular weight is 351 g/mol. The Hall–Kier alpha value is -0.910. The van der Waals surface area contributed by atoms with E-state index in [1.165, 1.54) is 19.4 Å². The van der Waals surface area contributed by atoms with E-state index >= 15 is 0 Å². The number of carbonyl (C=O) groups is 1. The Kier molecular flexibility index (Phi) is 6.91. The summed E-state index contributed by atoms with van der Waals surface area (Å²) in [6, 6.07) is 0. The highest BCUT2D eigenvalue weighted by atomic mass is 16.5. The van der Waals surface area contributed by atoms with E-state index in [1.54, 1.807) is 6.08 Å². The van der Waals surface area contributed by atoms with E-state index in [0.29, 0.717) is 24.3 Å². The third-order valence-electron chi connectivity index (χ3n) is 6.28. The monoisotopic (exact) mass is 350 g/mol. The average Bonchev–Trinajstić information content (AvgIpc) is 2.83. The van der Waals surface area contributed by atoms with Crippen molar-refractivity contribution >= 4 is 5.91 Å². The number of piperidine rings is 1. The molecule has 3 saturated heterocycles. The van der Waals surface area contributed by atoms with Gasteiger partial charge in [0.1, 0.15) is 0 Å². The second kappa shape index (κ2) is 9.15. The zero-order valence-corrected chi connectivity index (χ0v) is 15.7. The molecule has 0 aromatic carbocycles. The van der Waals surface area contributed by atoms with Crippen molar-refractivity contribution in [1.29, 1.82) is 0 Å². The van der Waals surface area contributed by atoms with Crippen LogP contribution in [0.1, 0.15) is 25.7 Å². The first-order chi connectivity index (χ1) is 12.2. The summed E-state index contributed by atoms with van der Waals surface area (Å²) in [5, 5.41) is 0. The lowest BCUT2D eigenvalue weighted by atomic mass is 9.75. The Bertz CT molecular complexity index is 450. The Balaban J connectivity index is 1.59. The van der Waals surface area contributed by atoms with Crippen molar-refractivity contribution in [2.75, 3.05) is 59.7 Å². The SMILES string of the molecule is C=CCOC[C@@H]1CN(C)C(=O)[C@H]2CCN(CC3CCOCC3)CC[C@@H]12. The highest BCUT2D eigenvalue weighted by molar-refractivity contribution is 5.79. The first kappa shape index (κ1) is 18.9. The molecule has 3 aliphatic heterocycles. The van der Waals surface area contributed by atoms with Crippen molar-refractivity contribution in [3.8, 4) is 0 Å². The molecular formula is C20H34N2O3. The van der Waals surface area contributed by atoms with Crippen LogP contribution < -0.4 is 0 Å². The van der Waals surface area contributed by atoms with Gasteiger partial charge in [-0.1, -0.05) is 6.08 Å².